The second kappa shape index (κ2) is 4.25. The molecule has 8 heteroatoms. The van der Waals surface area contributed by atoms with E-state index in [4.69, 9.17) is 0 Å². The summed E-state index contributed by atoms with van der Waals surface area (Å²) in [6.45, 7) is 0. The van der Waals surface area contributed by atoms with E-state index in [-0.39, 0.29) is 15.1 Å². The molecule has 0 saturated heterocycles. The largest absolute Gasteiger partial charge is 0.284 e. The molecule has 0 aliphatic rings. The van der Waals surface area contributed by atoms with E-state index in [1.807, 2.05) is 0 Å². The van der Waals surface area contributed by atoms with Gasteiger partial charge in [0.2, 0.25) is 10.0 Å². The molecule has 0 aromatic heterocycles. The zero-order valence-corrected chi connectivity index (χ0v) is 10.0. The maximum atomic E-state index is 11.3. The van der Waals surface area contributed by atoms with Crippen molar-refractivity contribution in [3.05, 3.63) is 32.8 Å². The third-order valence-corrected chi connectivity index (χ3v) is 3.78. The van der Waals surface area contributed by atoms with Gasteiger partial charge in [-0.3, -0.25) is 10.1 Å². The van der Waals surface area contributed by atoms with Crippen LogP contribution in [0, 0.1) is 10.1 Å². The van der Waals surface area contributed by atoms with Crippen LogP contribution in [0.4, 0.5) is 5.69 Å². The summed E-state index contributed by atoms with van der Waals surface area (Å²) < 4.78 is 25.0. The van der Waals surface area contributed by atoms with Crippen LogP contribution in [0.3, 0.4) is 0 Å². The van der Waals surface area contributed by atoms with Crippen LogP contribution in [0.25, 0.3) is 0 Å². The number of hydrogen-bond acceptors (Lipinski definition) is 4. The van der Waals surface area contributed by atoms with Crippen molar-refractivity contribution in [2.75, 3.05) is 7.05 Å². The van der Waals surface area contributed by atoms with Gasteiger partial charge in [-0.15, -0.1) is 0 Å². The molecule has 0 spiro atoms. The zero-order chi connectivity index (χ0) is 11.6. The summed E-state index contributed by atoms with van der Waals surface area (Å²) in [6.07, 6.45) is 0. The van der Waals surface area contributed by atoms with Gasteiger partial charge in [0.15, 0.2) is 0 Å². The first-order valence-corrected chi connectivity index (χ1v) is 6.03. The minimum absolute atomic E-state index is 0.139. The van der Waals surface area contributed by atoms with Gasteiger partial charge >= 0.3 is 0 Å². The van der Waals surface area contributed by atoms with Crippen molar-refractivity contribution in [1.29, 1.82) is 0 Å². The van der Waals surface area contributed by atoms with E-state index in [0.717, 1.165) is 6.07 Å². The molecule has 1 aromatic rings. The first-order chi connectivity index (χ1) is 6.88. The van der Waals surface area contributed by atoms with E-state index < -0.39 is 14.9 Å². The molecule has 1 aromatic carbocycles. The van der Waals surface area contributed by atoms with Crippen LogP contribution >= 0.6 is 15.9 Å². The number of nitrogens with zero attached hydrogens (tertiary/aromatic N) is 1. The summed E-state index contributed by atoms with van der Waals surface area (Å²) in [5.41, 5.74) is -0.286. The molecule has 0 amide bonds. The molecule has 0 saturated carbocycles. The van der Waals surface area contributed by atoms with Crippen molar-refractivity contribution in [1.82, 2.24) is 4.72 Å². The Bertz CT molecular complexity index is 500. The van der Waals surface area contributed by atoms with Crippen molar-refractivity contribution in [2.24, 2.45) is 0 Å². The molecule has 6 nitrogen and oxygen atoms in total. The highest BCUT2D eigenvalue weighted by atomic mass is 79.9. The van der Waals surface area contributed by atoms with E-state index >= 15 is 0 Å². The zero-order valence-electron chi connectivity index (χ0n) is 7.60. The minimum atomic E-state index is -3.65. The van der Waals surface area contributed by atoms with Crippen LogP contribution < -0.4 is 4.72 Å². The normalized spacial score (nSPS) is 11.3. The number of hydrogen-bond donors (Lipinski definition) is 1. The van der Waals surface area contributed by atoms with Crippen LogP contribution in [0.2, 0.25) is 0 Å². The fourth-order valence-electron chi connectivity index (χ4n) is 0.917. The highest BCUT2D eigenvalue weighted by molar-refractivity contribution is 9.10. The van der Waals surface area contributed by atoms with Crippen LogP contribution in [-0.4, -0.2) is 20.4 Å². The quantitative estimate of drug-likeness (QED) is 0.671. The van der Waals surface area contributed by atoms with Gasteiger partial charge in [0.1, 0.15) is 0 Å². The predicted molar refractivity (Wildman–Crippen MR) is 57.0 cm³/mol. The van der Waals surface area contributed by atoms with Gasteiger partial charge in [-0.2, -0.15) is 0 Å². The first-order valence-electron chi connectivity index (χ1n) is 3.76. The number of rotatable bonds is 3. The number of sulfonamides is 1. The molecular formula is C7H7BrN2O4S. The Labute approximate surface area is 94.6 Å². The number of benzene rings is 1. The lowest BCUT2D eigenvalue weighted by atomic mass is 10.3. The summed E-state index contributed by atoms with van der Waals surface area (Å²) >= 11 is 2.96. The van der Waals surface area contributed by atoms with Gasteiger partial charge in [-0.05, 0) is 35.1 Å². The molecule has 82 valence electrons. The van der Waals surface area contributed by atoms with Crippen molar-refractivity contribution in [3.63, 3.8) is 0 Å². The van der Waals surface area contributed by atoms with Gasteiger partial charge in [0, 0.05) is 6.07 Å². The van der Waals surface area contributed by atoms with Gasteiger partial charge in [-0.1, -0.05) is 0 Å². The van der Waals surface area contributed by atoms with Gasteiger partial charge in [-0.25, -0.2) is 13.1 Å². The van der Waals surface area contributed by atoms with E-state index in [9.17, 15) is 18.5 Å². The Kier molecular flexibility index (Phi) is 3.42. The van der Waals surface area contributed by atoms with Crippen molar-refractivity contribution >= 4 is 31.6 Å². The average molecular weight is 295 g/mol. The third-order valence-electron chi connectivity index (χ3n) is 1.69. The van der Waals surface area contributed by atoms with Crippen molar-refractivity contribution in [2.45, 2.75) is 4.90 Å². The second-order valence-corrected chi connectivity index (χ2v) is 5.32. The molecule has 0 heterocycles. The maximum Gasteiger partial charge on any atom is 0.284 e. The Morgan fingerprint density at radius 3 is 2.53 bits per heavy atom. The highest BCUT2D eigenvalue weighted by Gasteiger charge is 2.18. The molecule has 0 unspecified atom stereocenters. The monoisotopic (exact) mass is 294 g/mol. The molecule has 0 radical (unpaired) electrons. The SMILES string of the molecule is CNS(=O)(=O)c1ccc(Br)c([N+](=O)[O-])c1. The number of nitro groups is 1. The lowest BCUT2D eigenvalue weighted by Crippen LogP contribution is -2.18. The highest BCUT2D eigenvalue weighted by Crippen LogP contribution is 2.27. The molecule has 0 atom stereocenters. The molecule has 1 N–H and O–H groups in total. The Balaban J connectivity index is 3.38. The number of halogens is 1. The summed E-state index contributed by atoms with van der Waals surface area (Å²) in [5.74, 6) is 0. The van der Waals surface area contributed by atoms with Crippen LogP contribution in [0.5, 0.6) is 0 Å². The van der Waals surface area contributed by atoms with E-state index in [1.165, 1.54) is 19.2 Å². The smallest absolute Gasteiger partial charge is 0.258 e. The fourth-order valence-corrected chi connectivity index (χ4v) is 2.06. The summed E-state index contributed by atoms with van der Waals surface area (Å²) in [7, 11) is -2.41. The van der Waals surface area contributed by atoms with Crippen molar-refractivity contribution < 1.29 is 13.3 Å². The summed E-state index contributed by atoms with van der Waals surface area (Å²) in [6, 6.07) is 3.60. The van der Waals surface area contributed by atoms with Crippen LogP contribution in [0.1, 0.15) is 0 Å². The molecule has 1 rings (SSSR count). The number of nitrogens with one attached hydrogen (secondary N) is 1. The Hall–Kier alpha value is -0.990. The standard InChI is InChI=1S/C7H7BrN2O4S/c1-9-15(13,14)5-2-3-6(8)7(4-5)10(11)12/h2-4,9H,1H3. The third kappa shape index (κ3) is 2.52. The minimum Gasteiger partial charge on any atom is -0.258 e. The molecule has 0 aliphatic carbocycles. The summed E-state index contributed by atoms with van der Waals surface area (Å²) in [5, 5.41) is 10.5. The molecule has 15 heavy (non-hydrogen) atoms. The van der Waals surface area contributed by atoms with E-state index in [0.29, 0.717) is 0 Å². The maximum absolute atomic E-state index is 11.3. The lowest BCUT2D eigenvalue weighted by Gasteiger charge is -2.02. The van der Waals surface area contributed by atoms with Crippen molar-refractivity contribution in [3.8, 4) is 0 Å². The van der Waals surface area contributed by atoms with E-state index in [1.54, 1.807) is 0 Å². The van der Waals surface area contributed by atoms with Gasteiger partial charge in [0.05, 0.1) is 14.3 Å². The van der Waals surface area contributed by atoms with Gasteiger partial charge in [0.25, 0.3) is 5.69 Å². The summed E-state index contributed by atoms with van der Waals surface area (Å²) in [4.78, 5) is 9.76. The first kappa shape index (κ1) is 12.1. The number of nitro benzene ring substituents is 1. The lowest BCUT2D eigenvalue weighted by molar-refractivity contribution is -0.385. The topological polar surface area (TPSA) is 89.3 Å². The van der Waals surface area contributed by atoms with E-state index in [2.05, 4.69) is 20.7 Å². The fraction of sp³-hybridized carbons (Fsp3) is 0.143. The molecule has 0 fully saturated rings. The molecule has 0 bridgehead atoms. The Morgan fingerprint density at radius 2 is 2.07 bits per heavy atom. The average Bonchev–Trinajstić information content (AvgIpc) is 2.17. The van der Waals surface area contributed by atoms with Crippen LogP contribution in [0.15, 0.2) is 27.6 Å². The van der Waals surface area contributed by atoms with Crippen LogP contribution in [-0.2, 0) is 10.0 Å². The second-order valence-electron chi connectivity index (χ2n) is 2.58. The molecular weight excluding hydrogens is 288 g/mol. The molecule has 0 aliphatic heterocycles. The van der Waals surface area contributed by atoms with Gasteiger partial charge < -0.3 is 0 Å². The Morgan fingerprint density at radius 1 is 1.47 bits per heavy atom. The predicted octanol–water partition coefficient (Wildman–Crippen LogP) is 1.27.